The van der Waals surface area contributed by atoms with Crippen LogP contribution in [-0.2, 0) is 6.61 Å². The first-order valence-corrected chi connectivity index (χ1v) is 6.29. The highest BCUT2D eigenvalue weighted by molar-refractivity contribution is 7.11. The molecule has 94 valence electrons. The number of benzene rings is 1. The Morgan fingerprint density at radius 2 is 2.28 bits per heavy atom. The molecule has 2 rings (SSSR count). The molecule has 0 saturated carbocycles. The van der Waals surface area contributed by atoms with Crippen LogP contribution in [0.4, 0.5) is 0 Å². The van der Waals surface area contributed by atoms with Crippen molar-refractivity contribution in [2.75, 3.05) is 0 Å². The Morgan fingerprint density at radius 1 is 1.50 bits per heavy atom. The van der Waals surface area contributed by atoms with Gasteiger partial charge in [-0.15, -0.1) is 11.3 Å². The van der Waals surface area contributed by atoms with Gasteiger partial charge in [-0.3, -0.25) is 10.2 Å². The zero-order valence-corrected chi connectivity index (χ0v) is 10.8. The van der Waals surface area contributed by atoms with Crippen molar-refractivity contribution < 1.29 is 9.53 Å². The molecule has 0 radical (unpaired) electrons. The van der Waals surface area contributed by atoms with Gasteiger partial charge in [0.25, 0.3) is 5.91 Å². The van der Waals surface area contributed by atoms with Crippen LogP contribution in [-0.4, -0.2) is 10.9 Å². The first kappa shape index (κ1) is 12.8. The smallest absolute Gasteiger partial charge is 0.294 e. The molecule has 1 aromatic heterocycles. The molecule has 7 heteroatoms. The lowest BCUT2D eigenvalue weighted by Crippen LogP contribution is -2.29. The molecule has 0 aliphatic heterocycles. The van der Waals surface area contributed by atoms with Gasteiger partial charge in [-0.1, -0.05) is 23.7 Å². The van der Waals surface area contributed by atoms with Crippen molar-refractivity contribution in [3.8, 4) is 5.75 Å². The SMILES string of the molecule is NNC(=O)c1nc(COc2ccccc2Cl)cs1. The van der Waals surface area contributed by atoms with Crippen LogP contribution in [0.2, 0.25) is 5.02 Å². The van der Waals surface area contributed by atoms with Crippen molar-refractivity contribution in [1.29, 1.82) is 0 Å². The molecule has 1 aromatic carbocycles. The Hall–Kier alpha value is -1.63. The Morgan fingerprint density at radius 3 is 3.00 bits per heavy atom. The largest absolute Gasteiger partial charge is 0.486 e. The number of para-hydroxylation sites is 1. The topological polar surface area (TPSA) is 77.2 Å². The van der Waals surface area contributed by atoms with E-state index in [0.29, 0.717) is 21.5 Å². The maximum Gasteiger partial charge on any atom is 0.294 e. The second-order valence-corrected chi connectivity index (χ2v) is 4.60. The molecule has 3 N–H and O–H groups in total. The van der Waals surface area contributed by atoms with E-state index in [1.54, 1.807) is 17.5 Å². The van der Waals surface area contributed by atoms with Crippen molar-refractivity contribution in [3.63, 3.8) is 0 Å². The minimum atomic E-state index is -0.413. The van der Waals surface area contributed by atoms with Crippen LogP contribution < -0.4 is 16.0 Å². The minimum Gasteiger partial charge on any atom is -0.486 e. The van der Waals surface area contributed by atoms with E-state index in [9.17, 15) is 4.79 Å². The van der Waals surface area contributed by atoms with Crippen LogP contribution in [0.15, 0.2) is 29.6 Å². The lowest BCUT2D eigenvalue weighted by atomic mass is 10.3. The Bertz CT molecular complexity index is 559. The van der Waals surface area contributed by atoms with Gasteiger partial charge in [0, 0.05) is 5.38 Å². The number of nitrogens with zero attached hydrogens (tertiary/aromatic N) is 1. The van der Waals surface area contributed by atoms with Crippen molar-refractivity contribution in [3.05, 3.63) is 45.4 Å². The molecule has 0 bridgehead atoms. The predicted molar refractivity (Wildman–Crippen MR) is 69.6 cm³/mol. The summed E-state index contributed by atoms with van der Waals surface area (Å²) in [4.78, 5) is 15.3. The maximum absolute atomic E-state index is 11.2. The van der Waals surface area contributed by atoms with E-state index < -0.39 is 5.91 Å². The number of nitrogens with one attached hydrogen (secondary N) is 1. The number of aromatic nitrogens is 1. The highest BCUT2D eigenvalue weighted by Gasteiger charge is 2.10. The number of hydrogen-bond donors (Lipinski definition) is 2. The summed E-state index contributed by atoms with van der Waals surface area (Å²) in [6.45, 7) is 0.248. The summed E-state index contributed by atoms with van der Waals surface area (Å²) >= 11 is 7.15. The Kier molecular flexibility index (Phi) is 4.14. The van der Waals surface area contributed by atoms with Crippen LogP contribution in [0.5, 0.6) is 5.75 Å². The molecular formula is C11H10ClN3O2S. The van der Waals surface area contributed by atoms with E-state index in [2.05, 4.69) is 4.98 Å². The third-order valence-electron chi connectivity index (χ3n) is 2.09. The molecule has 0 spiro atoms. The van der Waals surface area contributed by atoms with E-state index in [-0.39, 0.29) is 6.61 Å². The highest BCUT2D eigenvalue weighted by Crippen LogP contribution is 2.24. The van der Waals surface area contributed by atoms with Gasteiger partial charge in [-0.05, 0) is 12.1 Å². The standard InChI is InChI=1S/C11H10ClN3O2S/c12-8-3-1-2-4-9(8)17-5-7-6-18-11(14-7)10(16)15-13/h1-4,6H,5,13H2,(H,15,16). The third kappa shape index (κ3) is 2.98. The van der Waals surface area contributed by atoms with Crippen molar-refractivity contribution in [1.82, 2.24) is 10.4 Å². The zero-order chi connectivity index (χ0) is 13.0. The number of amides is 1. The lowest BCUT2D eigenvalue weighted by molar-refractivity contribution is 0.0953. The third-order valence-corrected chi connectivity index (χ3v) is 3.29. The fourth-order valence-electron chi connectivity index (χ4n) is 1.25. The number of hydrogen-bond acceptors (Lipinski definition) is 5. The first-order valence-electron chi connectivity index (χ1n) is 5.03. The Labute approximate surface area is 113 Å². The van der Waals surface area contributed by atoms with Gasteiger partial charge in [0.2, 0.25) is 0 Å². The van der Waals surface area contributed by atoms with Crippen molar-refractivity contribution >= 4 is 28.8 Å². The summed E-state index contributed by atoms with van der Waals surface area (Å²) in [6, 6.07) is 7.16. The quantitative estimate of drug-likeness (QED) is 0.511. The first-order chi connectivity index (χ1) is 8.70. The summed E-state index contributed by atoms with van der Waals surface area (Å²) < 4.78 is 5.50. The van der Waals surface area contributed by atoms with Gasteiger partial charge >= 0.3 is 0 Å². The molecule has 0 fully saturated rings. The summed E-state index contributed by atoms with van der Waals surface area (Å²) in [5, 5.41) is 2.57. The number of carbonyl (C=O) groups is 1. The highest BCUT2D eigenvalue weighted by atomic mass is 35.5. The van der Waals surface area contributed by atoms with E-state index in [1.807, 2.05) is 17.6 Å². The Balaban J connectivity index is 2.01. The van der Waals surface area contributed by atoms with Gasteiger partial charge < -0.3 is 4.74 Å². The number of thiazole rings is 1. The monoisotopic (exact) mass is 283 g/mol. The number of nitrogen functional groups attached to an aromatic ring is 1. The molecule has 0 unspecified atom stereocenters. The van der Waals surface area contributed by atoms with Crippen molar-refractivity contribution in [2.24, 2.45) is 5.84 Å². The molecule has 18 heavy (non-hydrogen) atoms. The summed E-state index contributed by atoms with van der Waals surface area (Å²) in [5.74, 6) is 5.18. The number of carbonyl (C=O) groups excluding carboxylic acids is 1. The molecule has 0 aliphatic carbocycles. The van der Waals surface area contributed by atoms with E-state index in [0.717, 1.165) is 0 Å². The van der Waals surface area contributed by atoms with Gasteiger partial charge in [0.15, 0.2) is 5.01 Å². The summed E-state index contributed by atoms with van der Waals surface area (Å²) in [7, 11) is 0. The number of rotatable bonds is 4. The van der Waals surface area contributed by atoms with Crippen LogP contribution in [0.1, 0.15) is 15.5 Å². The van der Waals surface area contributed by atoms with Crippen LogP contribution in [0, 0.1) is 0 Å². The van der Waals surface area contributed by atoms with E-state index >= 15 is 0 Å². The zero-order valence-electron chi connectivity index (χ0n) is 9.22. The second kappa shape index (κ2) is 5.81. The molecular weight excluding hydrogens is 274 g/mol. The molecule has 0 saturated heterocycles. The van der Waals surface area contributed by atoms with Crippen molar-refractivity contribution in [2.45, 2.75) is 6.61 Å². The maximum atomic E-state index is 11.2. The van der Waals surface area contributed by atoms with Crippen LogP contribution >= 0.6 is 22.9 Å². The fraction of sp³-hybridized carbons (Fsp3) is 0.0909. The normalized spacial score (nSPS) is 10.1. The fourth-order valence-corrected chi connectivity index (χ4v) is 2.15. The molecule has 0 atom stereocenters. The van der Waals surface area contributed by atoms with E-state index in [4.69, 9.17) is 22.2 Å². The van der Waals surface area contributed by atoms with Gasteiger partial charge in [-0.2, -0.15) is 0 Å². The number of ether oxygens (including phenoxy) is 1. The number of nitrogens with two attached hydrogens (primary N) is 1. The molecule has 1 heterocycles. The van der Waals surface area contributed by atoms with Crippen LogP contribution in [0.3, 0.4) is 0 Å². The number of hydrazine groups is 1. The molecule has 5 nitrogen and oxygen atoms in total. The van der Waals surface area contributed by atoms with E-state index in [1.165, 1.54) is 11.3 Å². The molecule has 2 aromatic rings. The van der Waals surface area contributed by atoms with Gasteiger partial charge in [0.1, 0.15) is 12.4 Å². The average molecular weight is 284 g/mol. The molecule has 1 amide bonds. The average Bonchev–Trinajstić information content (AvgIpc) is 2.86. The van der Waals surface area contributed by atoms with Crippen LogP contribution in [0.25, 0.3) is 0 Å². The predicted octanol–water partition coefficient (Wildman–Crippen LogP) is 1.98. The van der Waals surface area contributed by atoms with Gasteiger partial charge in [-0.25, -0.2) is 10.8 Å². The summed E-state index contributed by atoms with van der Waals surface area (Å²) in [6.07, 6.45) is 0. The molecule has 0 aliphatic rings. The minimum absolute atomic E-state index is 0.248. The lowest BCUT2D eigenvalue weighted by Gasteiger charge is -2.05. The number of halogens is 1. The second-order valence-electron chi connectivity index (χ2n) is 3.34. The summed E-state index contributed by atoms with van der Waals surface area (Å²) in [5.41, 5.74) is 2.68. The van der Waals surface area contributed by atoms with Gasteiger partial charge in [0.05, 0.1) is 10.7 Å².